The first kappa shape index (κ1) is 22.6. The van der Waals surface area contributed by atoms with Gasteiger partial charge in [0.05, 0.1) is 5.69 Å². The summed E-state index contributed by atoms with van der Waals surface area (Å²) in [6.45, 7) is 1.97. The number of carboxylic acids is 1. The van der Waals surface area contributed by atoms with Crippen LogP contribution in [0.3, 0.4) is 0 Å². The number of benzene rings is 2. The van der Waals surface area contributed by atoms with Crippen LogP contribution in [0.25, 0.3) is 11.1 Å². The van der Waals surface area contributed by atoms with Crippen LogP contribution in [0, 0.1) is 0 Å². The largest absolute Gasteiger partial charge is 0.480 e. The minimum atomic E-state index is -1.31. The number of aliphatic carboxylic acids is 1. The number of likely N-dealkylation sites (tertiary alicyclic amines) is 1. The van der Waals surface area contributed by atoms with Crippen LogP contribution in [-0.4, -0.2) is 51.7 Å². The molecule has 1 fully saturated rings. The molecular formula is C27H25N3O5. The average Bonchev–Trinajstić information content (AvgIpc) is 3.42. The lowest BCUT2D eigenvalue weighted by Gasteiger charge is -2.31. The summed E-state index contributed by atoms with van der Waals surface area (Å²) in [5.74, 6) is -1.70. The van der Waals surface area contributed by atoms with Gasteiger partial charge in [0.2, 0.25) is 0 Å². The number of carboxylic acid groups (broad SMARTS) is 1. The number of nitrogens with zero attached hydrogens (tertiary/aromatic N) is 2. The molecule has 1 aliphatic carbocycles. The molecule has 0 unspecified atom stereocenters. The Morgan fingerprint density at radius 2 is 1.71 bits per heavy atom. The maximum Gasteiger partial charge on any atom is 0.411 e. The predicted octanol–water partition coefficient (Wildman–Crippen LogP) is 4.52. The summed E-state index contributed by atoms with van der Waals surface area (Å²) in [6.07, 6.45) is 1.66. The van der Waals surface area contributed by atoms with Crippen molar-refractivity contribution in [2.75, 3.05) is 18.5 Å². The Hall–Kier alpha value is -4.20. The second-order valence-corrected chi connectivity index (χ2v) is 8.99. The van der Waals surface area contributed by atoms with E-state index in [0.717, 1.165) is 22.3 Å². The smallest absolute Gasteiger partial charge is 0.411 e. The average molecular weight is 472 g/mol. The first-order chi connectivity index (χ1) is 16.9. The maximum absolute atomic E-state index is 13.2. The van der Waals surface area contributed by atoms with E-state index < -0.39 is 23.5 Å². The van der Waals surface area contributed by atoms with E-state index in [0.29, 0.717) is 19.4 Å². The van der Waals surface area contributed by atoms with E-state index in [1.54, 1.807) is 12.1 Å². The quantitative estimate of drug-likeness (QED) is 0.566. The molecular weight excluding hydrogens is 446 g/mol. The van der Waals surface area contributed by atoms with Gasteiger partial charge < -0.3 is 14.7 Å². The molecule has 5 rings (SSSR count). The number of pyridine rings is 1. The van der Waals surface area contributed by atoms with Gasteiger partial charge in [0.25, 0.3) is 5.91 Å². The van der Waals surface area contributed by atoms with Crippen molar-refractivity contribution in [1.29, 1.82) is 0 Å². The van der Waals surface area contributed by atoms with Crippen LogP contribution < -0.4 is 5.32 Å². The minimum Gasteiger partial charge on any atom is -0.480 e. The van der Waals surface area contributed by atoms with Crippen LogP contribution in [0.15, 0.2) is 66.9 Å². The van der Waals surface area contributed by atoms with Crippen molar-refractivity contribution in [2.24, 2.45) is 0 Å². The lowest BCUT2D eigenvalue weighted by atomic mass is 9.98. The number of anilines is 1. The molecule has 8 heteroatoms. The van der Waals surface area contributed by atoms with Crippen LogP contribution in [0.1, 0.15) is 47.3 Å². The summed E-state index contributed by atoms with van der Waals surface area (Å²) in [7, 11) is 0. The highest BCUT2D eigenvalue weighted by molar-refractivity contribution is 6.03. The van der Waals surface area contributed by atoms with Crippen LogP contribution >= 0.6 is 0 Å². The van der Waals surface area contributed by atoms with E-state index in [1.165, 1.54) is 18.0 Å². The molecule has 35 heavy (non-hydrogen) atoms. The van der Waals surface area contributed by atoms with Crippen molar-refractivity contribution in [3.8, 4) is 11.1 Å². The van der Waals surface area contributed by atoms with Crippen LogP contribution in [-0.2, 0) is 9.53 Å². The van der Waals surface area contributed by atoms with Gasteiger partial charge in [0.1, 0.15) is 12.1 Å². The highest BCUT2D eigenvalue weighted by atomic mass is 16.5. The first-order valence-electron chi connectivity index (χ1n) is 11.5. The SMILES string of the molecule is C[C@@]1(C(=O)O)CCCN1C(=O)c1ncccc1NC(=O)OCC1c2ccccc2-c2ccccc21. The third-order valence-corrected chi connectivity index (χ3v) is 6.94. The summed E-state index contributed by atoms with van der Waals surface area (Å²) in [4.78, 5) is 43.2. The van der Waals surface area contributed by atoms with Gasteiger partial charge in [0, 0.05) is 18.7 Å². The highest BCUT2D eigenvalue weighted by Crippen LogP contribution is 2.44. The van der Waals surface area contributed by atoms with Gasteiger partial charge >= 0.3 is 12.1 Å². The Labute approximate surface area is 202 Å². The fraction of sp³-hybridized carbons (Fsp3) is 0.259. The van der Waals surface area contributed by atoms with Crippen molar-refractivity contribution in [1.82, 2.24) is 9.88 Å². The molecule has 1 aliphatic heterocycles. The molecule has 2 aliphatic rings. The Morgan fingerprint density at radius 3 is 2.37 bits per heavy atom. The van der Waals surface area contributed by atoms with Crippen molar-refractivity contribution in [2.45, 2.75) is 31.2 Å². The third-order valence-electron chi connectivity index (χ3n) is 6.94. The van der Waals surface area contributed by atoms with Gasteiger partial charge in [0.15, 0.2) is 5.69 Å². The Bertz CT molecular complexity index is 1280. The Kier molecular flexibility index (Phi) is 5.72. The molecule has 0 bridgehead atoms. The number of hydrogen-bond acceptors (Lipinski definition) is 5. The molecule has 8 nitrogen and oxygen atoms in total. The van der Waals surface area contributed by atoms with Crippen molar-refractivity contribution in [3.63, 3.8) is 0 Å². The number of carbonyl (C=O) groups is 3. The van der Waals surface area contributed by atoms with E-state index in [1.807, 2.05) is 36.4 Å². The highest BCUT2D eigenvalue weighted by Gasteiger charge is 2.46. The number of amides is 2. The number of ether oxygens (including phenoxy) is 1. The van der Waals surface area contributed by atoms with Crippen molar-refractivity contribution < 1.29 is 24.2 Å². The van der Waals surface area contributed by atoms with Gasteiger partial charge in [-0.15, -0.1) is 0 Å². The lowest BCUT2D eigenvalue weighted by molar-refractivity contribution is -0.147. The van der Waals surface area contributed by atoms with Gasteiger partial charge in [-0.25, -0.2) is 14.6 Å². The zero-order chi connectivity index (χ0) is 24.6. The topological polar surface area (TPSA) is 109 Å². The molecule has 0 spiro atoms. The molecule has 2 N–H and O–H groups in total. The predicted molar refractivity (Wildman–Crippen MR) is 129 cm³/mol. The maximum atomic E-state index is 13.2. The zero-order valence-electron chi connectivity index (χ0n) is 19.2. The fourth-order valence-electron chi connectivity index (χ4n) is 5.06. The number of hydrogen-bond donors (Lipinski definition) is 2. The van der Waals surface area contributed by atoms with Gasteiger partial charge in [-0.1, -0.05) is 48.5 Å². The van der Waals surface area contributed by atoms with E-state index in [2.05, 4.69) is 22.4 Å². The summed E-state index contributed by atoms with van der Waals surface area (Å²) < 4.78 is 5.59. The normalized spacial score (nSPS) is 18.6. The van der Waals surface area contributed by atoms with E-state index in [9.17, 15) is 19.5 Å². The molecule has 2 amide bonds. The van der Waals surface area contributed by atoms with Crippen LogP contribution in [0.2, 0.25) is 0 Å². The van der Waals surface area contributed by atoms with Crippen LogP contribution in [0.5, 0.6) is 0 Å². The number of nitrogens with one attached hydrogen (secondary N) is 1. The molecule has 1 aromatic heterocycles. The summed E-state index contributed by atoms with van der Waals surface area (Å²) in [6, 6.07) is 19.2. The van der Waals surface area contributed by atoms with E-state index in [-0.39, 0.29) is 23.9 Å². The van der Waals surface area contributed by atoms with Crippen molar-refractivity contribution in [3.05, 3.63) is 83.7 Å². The van der Waals surface area contributed by atoms with Crippen molar-refractivity contribution >= 4 is 23.7 Å². The van der Waals surface area contributed by atoms with Gasteiger partial charge in [-0.3, -0.25) is 10.1 Å². The fourth-order valence-corrected chi connectivity index (χ4v) is 5.06. The number of aromatic nitrogens is 1. The molecule has 3 aromatic rings. The second-order valence-electron chi connectivity index (χ2n) is 8.99. The molecule has 178 valence electrons. The van der Waals surface area contributed by atoms with Gasteiger partial charge in [-0.2, -0.15) is 0 Å². The standard InChI is InChI=1S/C27H25N3O5/c1-27(25(32)33)13-7-15-30(27)24(31)23-22(12-6-14-28-23)29-26(34)35-16-21-19-10-4-2-8-17(19)18-9-3-5-11-20(18)21/h2-6,8-12,14,21H,7,13,15-16H2,1H3,(H,29,34)(H,32,33)/t27-/m0/s1. The second kappa shape index (κ2) is 8.87. The van der Waals surface area contributed by atoms with E-state index >= 15 is 0 Å². The molecule has 0 saturated carbocycles. The number of fused-ring (bicyclic) bond motifs is 3. The number of rotatable bonds is 5. The monoisotopic (exact) mass is 471 g/mol. The summed E-state index contributed by atoms with van der Waals surface area (Å²) in [5.41, 5.74) is 3.30. The molecule has 0 radical (unpaired) electrons. The number of carbonyl (C=O) groups excluding carboxylic acids is 2. The minimum absolute atomic E-state index is 0.0182. The Morgan fingerprint density at radius 1 is 1.06 bits per heavy atom. The molecule has 2 aromatic carbocycles. The zero-order valence-corrected chi connectivity index (χ0v) is 19.2. The molecule has 2 heterocycles. The lowest BCUT2D eigenvalue weighted by Crippen LogP contribution is -2.51. The first-order valence-corrected chi connectivity index (χ1v) is 11.5. The van der Waals surface area contributed by atoms with Gasteiger partial charge in [-0.05, 0) is 54.2 Å². The molecule has 1 saturated heterocycles. The summed E-state index contributed by atoms with van der Waals surface area (Å²) >= 11 is 0. The van der Waals surface area contributed by atoms with E-state index in [4.69, 9.17) is 4.74 Å². The summed E-state index contributed by atoms with van der Waals surface area (Å²) in [5, 5.41) is 12.3. The molecule has 1 atom stereocenters. The Balaban J connectivity index is 1.32. The third kappa shape index (κ3) is 3.90. The van der Waals surface area contributed by atoms with Crippen LogP contribution in [0.4, 0.5) is 10.5 Å².